The fourth-order valence-electron chi connectivity index (χ4n) is 1.58. The van der Waals surface area contributed by atoms with Gasteiger partial charge in [0.1, 0.15) is 13.6 Å². The number of hydrogen-bond donors (Lipinski definition) is 2. The Balaban J connectivity index is 3.16. The van der Waals surface area contributed by atoms with E-state index in [9.17, 15) is 0 Å². The van der Waals surface area contributed by atoms with Gasteiger partial charge in [-0.15, -0.1) is 0 Å². The summed E-state index contributed by atoms with van der Waals surface area (Å²) >= 11 is 0. The number of ether oxygens (including phenoxy) is 1. The Morgan fingerprint density at radius 2 is 2.21 bits per heavy atom. The van der Waals surface area contributed by atoms with E-state index in [-0.39, 0.29) is 0 Å². The molecule has 0 saturated carbocycles. The monoisotopic (exact) mass is 190 g/mol. The number of rotatable bonds is 2. The zero-order valence-corrected chi connectivity index (χ0v) is 9.06. The zero-order chi connectivity index (χ0) is 10.7. The molecular formula is C10H15BN2O. The van der Waals surface area contributed by atoms with Gasteiger partial charge in [-0.1, -0.05) is 6.08 Å². The lowest BCUT2D eigenvalue weighted by Gasteiger charge is -2.19. The SMILES string of the molecule is BC1=C/C(=C/NC)C(=N)C(C)=C1OC. The van der Waals surface area contributed by atoms with Gasteiger partial charge in [-0.2, -0.15) is 0 Å². The second kappa shape index (κ2) is 4.18. The minimum absolute atomic E-state index is 0.516. The minimum Gasteiger partial charge on any atom is -0.497 e. The Hall–Kier alpha value is -1.45. The van der Waals surface area contributed by atoms with Gasteiger partial charge in [-0.3, -0.25) is 5.41 Å². The molecule has 0 aromatic rings. The molecule has 1 aliphatic carbocycles. The van der Waals surface area contributed by atoms with Crippen molar-refractivity contribution in [3.63, 3.8) is 0 Å². The molecule has 3 nitrogen and oxygen atoms in total. The van der Waals surface area contributed by atoms with E-state index in [4.69, 9.17) is 10.1 Å². The van der Waals surface area contributed by atoms with E-state index in [0.717, 1.165) is 22.4 Å². The Kier molecular flexibility index (Phi) is 3.17. The molecule has 14 heavy (non-hydrogen) atoms. The molecular weight excluding hydrogens is 175 g/mol. The van der Waals surface area contributed by atoms with Gasteiger partial charge in [0.25, 0.3) is 0 Å². The van der Waals surface area contributed by atoms with E-state index in [1.165, 1.54) is 0 Å². The molecule has 2 N–H and O–H groups in total. The van der Waals surface area contributed by atoms with Gasteiger partial charge >= 0.3 is 0 Å². The van der Waals surface area contributed by atoms with E-state index in [2.05, 4.69) is 5.32 Å². The maximum Gasteiger partial charge on any atom is 0.144 e. The molecule has 0 aromatic heterocycles. The number of allylic oxidation sites excluding steroid dienone is 4. The van der Waals surface area contributed by atoms with Crippen molar-refractivity contribution in [2.75, 3.05) is 14.2 Å². The molecule has 0 aromatic carbocycles. The third kappa shape index (κ3) is 1.74. The molecule has 0 unspecified atom stereocenters. The highest BCUT2D eigenvalue weighted by Crippen LogP contribution is 2.24. The third-order valence-electron chi connectivity index (χ3n) is 2.24. The molecule has 4 heteroatoms. The van der Waals surface area contributed by atoms with Gasteiger partial charge in [-0.05, 0) is 12.4 Å². The summed E-state index contributed by atoms with van der Waals surface area (Å²) < 4.78 is 5.24. The minimum atomic E-state index is 0.516. The second-order valence-corrected chi connectivity index (χ2v) is 3.25. The fourth-order valence-corrected chi connectivity index (χ4v) is 1.58. The van der Waals surface area contributed by atoms with E-state index in [1.807, 2.05) is 34.1 Å². The molecule has 0 fully saturated rings. The lowest BCUT2D eigenvalue weighted by atomic mass is 9.83. The third-order valence-corrected chi connectivity index (χ3v) is 2.24. The van der Waals surface area contributed by atoms with Gasteiger partial charge in [0.05, 0.1) is 12.8 Å². The maximum absolute atomic E-state index is 7.89. The van der Waals surface area contributed by atoms with E-state index in [1.54, 1.807) is 7.11 Å². The van der Waals surface area contributed by atoms with Crippen molar-refractivity contribution >= 4 is 13.6 Å². The van der Waals surface area contributed by atoms with Gasteiger partial charge in [0, 0.05) is 24.4 Å². The fraction of sp³-hybridized carbons (Fsp3) is 0.300. The predicted octanol–water partition coefficient (Wildman–Crippen LogP) is 0.560. The van der Waals surface area contributed by atoms with Crippen LogP contribution in [0.4, 0.5) is 0 Å². The lowest BCUT2D eigenvalue weighted by Crippen LogP contribution is -2.14. The number of methoxy groups -OCH3 is 1. The van der Waals surface area contributed by atoms with Gasteiger partial charge in [0.15, 0.2) is 0 Å². The Labute approximate surface area is 85.4 Å². The molecule has 0 atom stereocenters. The van der Waals surface area contributed by atoms with Crippen molar-refractivity contribution in [2.24, 2.45) is 0 Å². The average Bonchev–Trinajstić information content (AvgIpc) is 2.15. The first-order chi connectivity index (χ1) is 6.61. The average molecular weight is 190 g/mol. The molecule has 0 bridgehead atoms. The molecule has 74 valence electrons. The van der Waals surface area contributed by atoms with Crippen molar-refractivity contribution in [1.82, 2.24) is 5.32 Å². The van der Waals surface area contributed by atoms with E-state index < -0.39 is 0 Å². The summed E-state index contributed by atoms with van der Waals surface area (Å²) in [4.78, 5) is 0. The van der Waals surface area contributed by atoms with Crippen molar-refractivity contribution in [2.45, 2.75) is 6.92 Å². The summed E-state index contributed by atoms with van der Waals surface area (Å²) in [5.74, 6) is 0.809. The van der Waals surface area contributed by atoms with Crippen LogP contribution in [0, 0.1) is 5.41 Å². The highest BCUT2D eigenvalue weighted by atomic mass is 16.5. The molecule has 0 heterocycles. The van der Waals surface area contributed by atoms with Crippen LogP contribution >= 0.6 is 0 Å². The summed E-state index contributed by atoms with van der Waals surface area (Å²) in [6.45, 7) is 1.90. The quantitative estimate of drug-likeness (QED) is 0.625. The van der Waals surface area contributed by atoms with Crippen molar-refractivity contribution in [3.05, 3.63) is 34.7 Å². The smallest absolute Gasteiger partial charge is 0.144 e. The van der Waals surface area contributed by atoms with Crippen LogP contribution in [-0.4, -0.2) is 27.7 Å². The van der Waals surface area contributed by atoms with Crippen molar-refractivity contribution in [3.8, 4) is 0 Å². The predicted molar refractivity (Wildman–Crippen MR) is 61.2 cm³/mol. The van der Waals surface area contributed by atoms with Crippen molar-refractivity contribution < 1.29 is 4.74 Å². The highest BCUT2D eigenvalue weighted by Gasteiger charge is 2.17. The Bertz CT molecular complexity index is 353. The van der Waals surface area contributed by atoms with Crippen LogP contribution in [0.1, 0.15) is 6.92 Å². The molecule has 0 saturated heterocycles. The molecule has 1 aliphatic rings. The summed E-state index contributed by atoms with van der Waals surface area (Å²) in [6.07, 6.45) is 3.77. The first-order valence-electron chi connectivity index (χ1n) is 4.52. The molecule has 0 amide bonds. The van der Waals surface area contributed by atoms with Gasteiger partial charge in [-0.25, -0.2) is 0 Å². The van der Waals surface area contributed by atoms with Gasteiger partial charge in [0.2, 0.25) is 0 Å². The summed E-state index contributed by atoms with van der Waals surface area (Å²) in [5.41, 5.74) is 3.35. The first kappa shape index (κ1) is 10.6. The van der Waals surface area contributed by atoms with Crippen LogP contribution in [0.25, 0.3) is 0 Å². The van der Waals surface area contributed by atoms with Crippen LogP contribution in [0.2, 0.25) is 0 Å². The van der Waals surface area contributed by atoms with Crippen LogP contribution < -0.4 is 5.32 Å². The van der Waals surface area contributed by atoms with E-state index >= 15 is 0 Å². The topological polar surface area (TPSA) is 45.1 Å². The van der Waals surface area contributed by atoms with E-state index in [0.29, 0.717) is 5.71 Å². The van der Waals surface area contributed by atoms with Crippen LogP contribution in [0.5, 0.6) is 0 Å². The van der Waals surface area contributed by atoms with Crippen LogP contribution in [0.15, 0.2) is 34.7 Å². The highest BCUT2D eigenvalue weighted by molar-refractivity contribution is 6.28. The standard InChI is InChI=1S/C10H15BN2O/c1-6-9(12)7(5-13-2)4-8(11)10(6)14-3/h4-5,12-13H,11H2,1-3H3/b7-5-,12-9?. The summed E-state index contributed by atoms with van der Waals surface area (Å²) in [5, 5.41) is 10.8. The zero-order valence-electron chi connectivity index (χ0n) is 9.06. The molecule has 0 spiro atoms. The summed E-state index contributed by atoms with van der Waals surface area (Å²) in [7, 11) is 5.45. The summed E-state index contributed by atoms with van der Waals surface area (Å²) in [6, 6.07) is 0. The largest absolute Gasteiger partial charge is 0.497 e. The number of hydrogen-bond acceptors (Lipinski definition) is 3. The molecule has 0 aliphatic heterocycles. The number of nitrogens with one attached hydrogen (secondary N) is 2. The lowest BCUT2D eigenvalue weighted by molar-refractivity contribution is 0.301. The second-order valence-electron chi connectivity index (χ2n) is 3.25. The van der Waals surface area contributed by atoms with Crippen LogP contribution in [-0.2, 0) is 4.74 Å². The first-order valence-corrected chi connectivity index (χ1v) is 4.52. The Morgan fingerprint density at radius 1 is 1.57 bits per heavy atom. The molecule has 1 rings (SSSR count). The van der Waals surface area contributed by atoms with Gasteiger partial charge < -0.3 is 10.1 Å². The van der Waals surface area contributed by atoms with Crippen molar-refractivity contribution in [1.29, 1.82) is 5.41 Å². The Morgan fingerprint density at radius 3 is 2.71 bits per heavy atom. The maximum atomic E-state index is 7.89. The van der Waals surface area contributed by atoms with Crippen LogP contribution in [0.3, 0.4) is 0 Å². The molecule has 0 radical (unpaired) electrons. The normalized spacial score (nSPS) is 19.8.